The van der Waals surface area contributed by atoms with E-state index in [1.54, 1.807) is 0 Å². The van der Waals surface area contributed by atoms with E-state index in [2.05, 4.69) is 113 Å². The van der Waals surface area contributed by atoms with Crippen LogP contribution in [-0.4, -0.2) is 96.7 Å². The molecule has 0 aromatic heterocycles. The van der Waals surface area contributed by atoms with E-state index >= 15 is 0 Å². The van der Waals surface area contributed by atoms with E-state index in [4.69, 9.17) is 37.0 Å². The van der Waals surface area contributed by atoms with Crippen LogP contribution in [0, 0.1) is 0 Å². The van der Waals surface area contributed by atoms with Gasteiger partial charge in [0.1, 0.15) is 19.3 Å². The number of aliphatic hydroxyl groups excluding tert-OH is 1. The molecular weight excluding hydrogens is 1310 g/mol. The van der Waals surface area contributed by atoms with Crippen molar-refractivity contribution < 1.29 is 80.2 Å². The van der Waals surface area contributed by atoms with Crippen molar-refractivity contribution in [3.63, 3.8) is 0 Å². The zero-order valence-corrected chi connectivity index (χ0v) is 65.2. The molecule has 0 radical (unpaired) electrons. The number of aliphatic hydroxyl groups is 1. The molecule has 17 nitrogen and oxygen atoms in total. The number of ether oxygens (including phenoxy) is 4. The Bertz CT molecular complexity index is 2230. The summed E-state index contributed by atoms with van der Waals surface area (Å²) in [4.78, 5) is 72.9. The van der Waals surface area contributed by atoms with Gasteiger partial charge in [0.25, 0.3) is 0 Å². The van der Waals surface area contributed by atoms with E-state index in [1.165, 1.54) is 116 Å². The number of phosphoric ester groups is 2. The Morgan fingerprint density at radius 1 is 0.290 bits per heavy atom. The molecule has 580 valence electrons. The van der Waals surface area contributed by atoms with E-state index in [0.29, 0.717) is 25.7 Å². The zero-order valence-electron chi connectivity index (χ0n) is 63.4. The normalized spacial score (nSPS) is 14.3. The van der Waals surface area contributed by atoms with Crippen molar-refractivity contribution in [3.05, 3.63) is 85.1 Å². The Morgan fingerprint density at radius 2 is 0.530 bits per heavy atom. The first-order valence-electron chi connectivity index (χ1n) is 39.8. The predicted molar refractivity (Wildman–Crippen MR) is 409 cm³/mol. The molecule has 0 saturated heterocycles. The average Bonchev–Trinajstić information content (AvgIpc) is 0.985. The number of carbonyl (C=O) groups excluding carboxylic acids is 4. The van der Waals surface area contributed by atoms with Crippen LogP contribution in [0.3, 0.4) is 0 Å². The van der Waals surface area contributed by atoms with Crippen molar-refractivity contribution in [1.29, 1.82) is 0 Å². The predicted octanol–water partition coefficient (Wildman–Crippen LogP) is 23.0. The lowest BCUT2D eigenvalue weighted by Gasteiger charge is -2.21. The standard InChI is InChI=1S/C81H144O17P2/c1-5-9-13-17-21-25-29-32-35-36-37-38-41-43-47-50-54-58-62-66-79(84)92-72-77(98-81(86)68-64-60-56-52-48-44-40-34-31-27-23-19-15-11-7-3)74-96-100(89,90)94-70-75(82)69-93-99(87,88)95-73-76(97-80(85)67-63-59-55-51-45-28-24-20-16-12-8-4)71-91-78(83)65-61-57-53-49-46-42-39-33-30-26-22-18-14-10-6-2/h9,13,20-21,24-25,32-33,35,37-39,43,47,75-77,82H,5-8,10-12,14-19,22-23,26-31,34,36,40-42,44-46,48-74H2,1-4H3,(H,87,88)(H,89,90)/b13-9-,24-20-,25-21-,35-32-,38-37-,39-33-,47-43-. The smallest absolute Gasteiger partial charge is 0.462 e. The molecule has 19 heteroatoms. The number of carbonyl (C=O) groups is 4. The van der Waals surface area contributed by atoms with Crippen molar-refractivity contribution in [2.24, 2.45) is 0 Å². The number of allylic oxidation sites excluding steroid dienone is 14. The minimum absolute atomic E-state index is 0.0847. The topological polar surface area (TPSA) is 237 Å². The van der Waals surface area contributed by atoms with E-state index in [9.17, 15) is 43.2 Å². The summed E-state index contributed by atoms with van der Waals surface area (Å²) in [5, 5.41) is 10.6. The van der Waals surface area contributed by atoms with Crippen LogP contribution < -0.4 is 0 Å². The summed E-state index contributed by atoms with van der Waals surface area (Å²) in [6.45, 7) is 4.71. The first-order valence-corrected chi connectivity index (χ1v) is 42.8. The first-order chi connectivity index (χ1) is 48.7. The molecule has 5 atom stereocenters. The van der Waals surface area contributed by atoms with E-state index < -0.39 is 97.5 Å². The molecule has 5 unspecified atom stereocenters. The summed E-state index contributed by atoms with van der Waals surface area (Å²) < 4.78 is 68.5. The maximum Gasteiger partial charge on any atom is 0.472 e. The van der Waals surface area contributed by atoms with Crippen LogP contribution in [0.1, 0.15) is 349 Å². The molecule has 0 aromatic carbocycles. The number of esters is 4. The highest BCUT2D eigenvalue weighted by Crippen LogP contribution is 2.45. The fourth-order valence-corrected chi connectivity index (χ4v) is 12.3. The van der Waals surface area contributed by atoms with Gasteiger partial charge in [-0.05, 0) is 116 Å². The third-order valence-corrected chi connectivity index (χ3v) is 18.7. The lowest BCUT2D eigenvalue weighted by atomic mass is 10.0. The van der Waals surface area contributed by atoms with E-state index in [0.717, 1.165) is 154 Å². The molecule has 0 amide bonds. The van der Waals surface area contributed by atoms with Crippen LogP contribution in [0.5, 0.6) is 0 Å². The largest absolute Gasteiger partial charge is 0.472 e. The molecule has 0 rings (SSSR count). The molecule has 100 heavy (non-hydrogen) atoms. The fourth-order valence-electron chi connectivity index (χ4n) is 10.8. The summed E-state index contributed by atoms with van der Waals surface area (Å²) in [6.07, 6.45) is 75.7. The van der Waals surface area contributed by atoms with Crippen LogP contribution >= 0.6 is 15.6 Å². The van der Waals surface area contributed by atoms with Gasteiger partial charge in [-0.25, -0.2) is 9.13 Å². The van der Waals surface area contributed by atoms with E-state index in [-0.39, 0.29) is 25.7 Å². The molecule has 0 aliphatic rings. The van der Waals surface area contributed by atoms with Crippen molar-refractivity contribution in [2.45, 2.75) is 367 Å². The Balaban J connectivity index is 5.34. The Kier molecular flexibility index (Phi) is 70.8. The summed E-state index contributed by atoms with van der Waals surface area (Å²) in [5.74, 6) is -2.21. The van der Waals surface area contributed by atoms with Crippen molar-refractivity contribution >= 4 is 39.5 Å². The van der Waals surface area contributed by atoms with Crippen LogP contribution in [0.2, 0.25) is 0 Å². The van der Waals surface area contributed by atoms with Crippen LogP contribution in [0.4, 0.5) is 0 Å². The highest BCUT2D eigenvalue weighted by atomic mass is 31.2. The Hall–Kier alpha value is -3.76. The van der Waals surface area contributed by atoms with Gasteiger partial charge in [-0.2, -0.15) is 0 Å². The molecule has 0 aromatic rings. The van der Waals surface area contributed by atoms with Crippen LogP contribution in [-0.2, 0) is 65.4 Å². The number of hydrogen-bond acceptors (Lipinski definition) is 15. The average molecular weight is 1450 g/mol. The molecule has 0 aliphatic heterocycles. The summed E-state index contributed by atoms with van der Waals surface area (Å²) in [5.41, 5.74) is 0. The second kappa shape index (κ2) is 73.5. The van der Waals surface area contributed by atoms with Crippen molar-refractivity contribution in [1.82, 2.24) is 0 Å². The zero-order chi connectivity index (χ0) is 73.2. The third-order valence-electron chi connectivity index (χ3n) is 16.8. The van der Waals surface area contributed by atoms with Gasteiger partial charge in [-0.1, -0.05) is 293 Å². The van der Waals surface area contributed by atoms with Gasteiger partial charge in [-0.3, -0.25) is 37.3 Å². The van der Waals surface area contributed by atoms with Gasteiger partial charge >= 0.3 is 39.5 Å². The van der Waals surface area contributed by atoms with Gasteiger partial charge in [-0.15, -0.1) is 0 Å². The number of hydrogen-bond donors (Lipinski definition) is 3. The molecule has 0 spiro atoms. The fraction of sp³-hybridized carbons (Fsp3) is 0.778. The molecule has 3 N–H and O–H groups in total. The highest BCUT2D eigenvalue weighted by molar-refractivity contribution is 7.47. The number of rotatable bonds is 75. The minimum Gasteiger partial charge on any atom is -0.462 e. The number of unbranched alkanes of at least 4 members (excludes halogenated alkanes) is 35. The maximum absolute atomic E-state index is 13.1. The molecule has 0 heterocycles. The maximum atomic E-state index is 13.1. The van der Waals surface area contributed by atoms with Crippen LogP contribution in [0.25, 0.3) is 0 Å². The highest BCUT2D eigenvalue weighted by Gasteiger charge is 2.30. The molecular formula is C81H144O17P2. The molecule has 0 saturated carbocycles. The second-order valence-electron chi connectivity index (χ2n) is 26.6. The second-order valence-corrected chi connectivity index (χ2v) is 29.5. The van der Waals surface area contributed by atoms with Gasteiger partial charge in [0.15, 0.2) is 12.2 Å². The first kappa shape index (κ1) is 96.2. The third kappa shape index (κ3) is 72.6. The van der Waals surface area contributed by atoms with Gasteiger partial charge < -0.3 is 33.8 Å². The SMILES string of the molecule is CC/C=C\C/C=C\C/C=C\C/C=C\C/C=C\CCCCCC(=O)OCC(COP(=O)(O)OCC(O)COP(=O)(O)OCC(COC(=O)CCCCCCC/C=C\CCCCCCCC)OC(=O)CCCCCCC/C=C\CCCC)OC(=O)CCCCCCCCCCCCCCCCC. The lowest BCUT2D eigenvalue weighted by molar-refractivity contribution is -0.161. The summed E-state index contributed by atoms with van der Waals surface area (Å²) in [7, 11) is -9.95. The monoisotopic (exact) mass is 1450 g/mol. The van der Waals surface area contributed by atoms with Gasteiger partial charge in [0.2, 0.25) is 0 Å². The van der Waals surface area contributed by atoms with Crippen molar-refractivity contribution in [2.75, 3.05) is 39.6 Å². The van der Waals surface area contributed by atoms with Gasteiger partial charge in [0.05, 0.1) is 26.4 Å². The van der Waals surface area contributed by atoms with E-state index in [1.807, 2.05) is 0 Å². The Labute approximate surface area is 608 Å². The molecule has 0 aliphatic carbocycles. The summed E-state index contributed by atoms with van der Waals surface area (Å²) >= 11 is 0. The quantitative estimate of drug-likeness (QED) is 0.0169. The molecule has 0 bridgehead atoms. The van der Waals surface area contributed by atoms with Gasteiger partial charge in [0, 0.05) is 25.7 Å². The number of phosphoric acid groups is 2. The lowest BCUT2D eigenvalue weighted by Crippen LogP contribution is -2.30. The minimum atomic E-state index is -4.98. The van der Waals surface area contributed by atoms with Crippen LogP contribution in [0.15, 0.2) is 85.1 Å². The van der Waals surface area contributed by atoms with Crippen molar-refractivity contribution in [3.8, 4) is 0 Å². The molecule has 0 fully saturated rings. The summed E-state index contributed by atoms with van der Waals surface area (Å²) in [6, 6.07) is 0. The Morgan fingerprint density at radius 3 is 0.850 bits per heavy atom.